The van der Waals surface area contributed by atoms with Crippen molar-refractivity contribution in [2.75, 3.05) is 4.90 Å². The lowest BCUT2D eigenvalue weighted by Crippen LogP contribution is -2.11. The largest absolute Gasteiger partial charge is 0.456 e. The van der Waals surface area contributed by atoms with E-state index in [1.165, 1.54) is 59.8 Å². The number of para-hydroxylation sites is 4. The summed E-state index contributed by atoms with van der Waals surface area (Å²) in [5.41, 5.74) is 16.3. The van der Waals surface area contributed by atoms with Crippen molar-refractivity contribution in [3.8, 4) is 33.6 Å². The maximum absolute atomic E-state index is 6.59. The molecule has 15 rings (SSSR count). The van der Waals surface area contributed by atoms with Crippen LogP contribution in [0.15, 0.2) is 265 Å². The van der Waals surface area contributed by atoms with Crippen LogP contribution in [0.3, 0.4) is 0 Å². The van der Waals surface area contributed by atoms with Crippen LogP contribution >= 0.6 is 0 Å². The minimum Gasteiger partial charge on any atom is -0.456 e. The Kier molecular flexibility index (Phi) is 8.92. The average Bonchev–Trinajstić information content (AvgIpc) is 4.11. The highest BCUT2D eigenvalue weighted by molar-refractivity contribution is 6.19. The van der Waals surface area contributed by atoms with E-state index < -0.39 is 0 Å². The molecule has 0 aliphatic carbocycles. The fourth-order valence-corrected chi connectivity index (χ4v) is 11.6. The second-order valence-corrected chi connectivity index (χ2v) is 18.9. The maximum Gasteiger partial charge on any atom is 0.137 e. The zero-order valence-electron chi connectivity index (χ0n) is 39.1. The average molecular weight is 918 g/mol. The summed E-state index contributed by atoms with van der Waals surface area (Å²) in [6, 6.07) is 95.0. The molecule has 0 N–H and O–H groups in total. The summed E-state index contributed by atoms with van der Waals surface area (Å²) in [4.78, 5) is 2.41. The van der Waals surface area contributed by atoms with Gasteiger partial charge in [0.15, 0.2) is 0 Å². The molecule has 0 aliphatic rings. The van der Waals surface area contributed by atoms with Gasteiger partial charge < -0.3 is 18.5 Å². The molecule has 336 valence electrons. The lowest BCUT2D eigenvalue weighted by Gasteiger charge is -2.28. The Morgan fingerprint density at radius 1 is 0.278 bits per heavy atom. The molecule has 0 unspecified atom stereocenters. The normalized spacial score (nSPS) is 11.9. The molecule has 0 saturated heterocycles. The van der Waals surface area contributed by atoms with E-state index in [9.17, 15) is 0 Å². The van der Waals surface area contributed by atoms with Crippen molar-refractivity contribution >= 4 is 104 Å². The molecule has 0 amide bonds. The van der Waals surface area contributed by atoms with E-state index >= 15 is 0 Å². The molecule has 0 spiro atoms. The van der Waals surface area contributed by atoms with Crippen LogP contribution in [0.5, 0.6) is 0 Å². The number of fused-ring (bicyclic) bond motifs is 12. The van der Waals surface area contributed by atoms with Crippen LogP contribution in [-0.2, 0) is 0 Å². The van der Waals surface area contributed by atoms with Gasteiger partial charge in [0, 0.05) is 71.9 Å². The summed E-state index contributed by atoms with van der Waals surface area (Å²) in [6.07, 6.45) is 0. The zero-order chi connectivity index (χ0) is 47.3. The van der Waals surface area contributed by atoms with Gasteiger partial charge in [-0.3, -0.25) is 0 Å². The molecule has 0 radical (unpaired) electrons. The topological polar surface area (TPSA) is 26.2 Å². The Bertz CT molecular complexity index is 4590. The molecule has 0 saturated carbocycles. The number of hydrogen-bond acceptors (Lipinski definition) is 2. The highest BCUT2D eigenvalue weighted by Gasteiger charge is 2.21. The molecule has 0 atom stereocenters. The number of aromatic nitrogens is 2. The summed E-state index contributed by atoms with van der Waals surface area (Å²) in [5, 5.41) is 12.0. The van der Waals surface area contributed by atoms with E-state index in [0.29, 0.717) is 0 Å². The Labute approximate surface area is 415 Å². The molecule has 0 bridgehead atoms. The van der Waals surface area contributed by atoms with Gasteiger partial charge in [0.2, 0.25) is 0 Å². The van der Waals surface area contributed by atoms with Crippen molar-refractivity contribution in [1.29, 1.82) is 0 Å². The van der Waals surface area contributed by atoms with Crippen LogP contribution < -0.4 is 4.90 Å². The third kappa shape index (κ3) is 6.26. The molecule has 4 heteroatoms. The van der Waals surface area contributed by atoms with Gasteiger partial charge in [-0.1, -0.05) is 170 Å². The smallest absolute Gasteiger partial charge is 0.137 e. The third-order valence-corrected chi connectivity index (χ3v) is 14.8. The zero-order valence-corrected chi connectivity index (χ0v) is 39.1. The van der Waals surface area contributed by atoms with Crippen molar-refractivity contribution < 1.29 is 4.42 Å². The van der Waals surface area contributed by atoms with E-state index in [1.54, 1.807) is 0 Å². The van der Waals surface area contributed by atoms with Gasteiger partial charge in [-0.15, -0.1) is 0 Å². The second-order valence-electron chi connectivity index (χ2n) is 18.9. The molecule has 4 nitrogen and oxygen atoms in total. The number of furan rings is 1. The Morgan fingerprint density at radius 2 is 0.833 bits per heavy atom. The van der Waals surface area contributed by atoms with E-state index in [4.69, 9.17) is 4.42 Å². The van der Waals surface area contributed by atoms with E-state index in [1.807, 2.05) is 6.07 Å². The van der Waals surface area contributed by atoms with Crippen LogP contribution in [0, 0.1) is 0 Å². The molecule has 3 heterocycles. The van der Waals surface area contributed by atoms with E-state index in [2.05, 4.69) is 269 Å². The van der Waals surface area contributed by atoms with Crippen molar-refractivity contribution in [1.82, 2.24) is 9.13 Å². The van der Waals surface area contributed by atoms with Gasteiger partial charge in [-0.2, -0.15) is 0 Å². The molecule has 15 aromatic rings. The summed E-state index contributed by atoms with van der Waals surface area (Å²) < 4.78 is 11.4. The van der Waals surface area contributed by atoms with E-state index in [-0.39, 0.29) is 0 Å². The molecular formula is C68H43N3O. The van der Waals surface area contributed by atoms with Crippen LogP contribution in [0.25, 0.3) is 121 Å². The molecule has 72 heavy (non-hydrogen) atoms. The molecular weight excluding hydrogens is 875 g/mol. The predicted octanol–water partition coefficient (Wildman–Crippen LogP) is 18.9. The first-order valence-electron chi connectivity index (χ1n) is 24.7. The first-order chi connectivity index (χ1) is 35.7. The van der Waals surface area contributed by atoms with Gasteiger partial charge in [0.25, 0.3) is 0 Å². The van der Waals surface area contributed by atoms with Gasteiger partial charge in [-0.05, 0) is 118 Å². The summed E-state index contributed by atoms with van der Waals surface area (Å²) in [7, 11) is 0. The van der Waals surface area contributed by atoms with Crippen LogP contribution in [0.2, 0.25) is 0 Å². The molecule has 0 fully saturated rings. The van der Waals surface area contributed by atoms with Gasteiger partial charge in [-0.25, -0.2) is 0 Å². The first-order valence-corrected chi connectivity index (χ1v) is 24.7. The Hall–Kier alpha value is -9.64. The minimum atomic E-state index is 0.849. The van der Waals surface area contributed by atoms with Crippen molar-refractivity contribution in [3.63, 3.8) is 0 Å². The van der Waals surface area contributed by atoms with Crippen molar-refractivity contribution in [2.45, 2.75) is 0 Å². The summed E-state index contributed by atoms with van der Waals surface area (Å²) in [6.45, 7) is 0. The maximum atomic E-state index is 6.59. The highest BCUT2D eigenvalue weighted by atomic mass is 16.3. The van der Waals surface area contributed by atoms with Crippen LogP contribution in [0.4, 0.5) is 17.1 Å². The number of nitrogens with zero attached hydrogens (tertiary/aromatic N) is 3. The molecule has 12 aromatic carbocycles. The highest BCUT2D eigenvalue weighted by Crippen LogP contribution is 2.45. The second kappa shape index (κ2) is 16.0. The SMILES string of the molecule is c1cc(-c2cc(-c3ccc(-n4c5ccccc5c5ccccc54)cc3)cc(N(c3ccc4c(c3)oc3ccccc34)c3cccc4ccccc34)c2)cc(-n2c3ccccc3c3ccc4ccccc4c32)c1. The fourth-order valence-electron chi connectivity index (χ4n) is 11.6. The summed E-state index contributed by atoms with van der Waals surface area (Å²) >= 11 is 0. The van der Waals surface area contributed by atoms with Gasteiger partial charge in [0.05, 0.1) is 27.8 Å². The van der Waals surface area contributed by atoms with E-state index in [0.717, 1.165) is 78.0 Å². The standard InChI is InChI=1S/C68H43N3O/c1-3-20-54-45(15-1)17-14-29-62(54)69(52-36-38-60-59-25-8-12-30-66(59)72-67(60)43-52)53-41-48(44-31-34-50(35-32-44)70-63-26-9-5-22-56(63)57-23-6-10-27-64(57)70)39-49(42-53)47-18-13-19-51(40-47)71-65-28-11-7-24-58(65)61-37-33-46-16-2-4-21-55(46)68(61)71/h1-43H. The number of rotatable bonds is 7. The lowest BCUT2D eigenvalue weighted by molar-refractivity contribution is 0.669. The van der Waals surface area contributed by atoms with Crippen LogP contribution in [-0.4, -0.2) is 9.13 Å². The molecule has 0 aliphatic heterocycles. The minimum absolute atomic E-state index is 0.849. The predicted molar refractivity (Wildman–Crippen MR) is 303 cm³/mol. The van der Waals surface area contributed by atoms with Crippen molar-refractivity contribution in [3.05, 3.63) is 261 Å². The first kappa shape index (κ1) is 40.3. The number of anilines is 3. The van der Waals surface area contributed by atoms with Crippen LogP contribution in [0.1, 0.15) is 0 Å². The molecule has 3 aromatic heterocycles. The van der Waals surface area contributed by atoms with Crippen molar-refractivity contribution in [2.24, 2.45) is 0 Å². The lowest BCUT2D eigenvalue weighted by atomic mass is 9.96. The number of benzene rings is 12. The summed E-state index contributed by atoms with van der Waals surface area (Å²) in [5.74, 6) is 0. The van der Waals surface area contributed by atoms with Gasteiger partial charge >= 0.3 is 0 Å². The van der Waals surface area contributed by atoms with Gasteiger partial charge in [0.1, 0.15) is 11.2 Å². The Balaban J connectivity index is 0.964. The number of hydrogen-bond donors (Lipinski definition) is 0. The monoisotopic (exact) mass is 917 g/mol. The quantitative estimate of drug-likeness (QED) is 0.159. The Morgan fingerprint density at radius 3 is 1.58 bits per heavy atom. The third-order valence-electron chi connectivity index (χ3n) is 14.8. The fraction of sp³-hybridized carbons (Fsp3) is 0.